The van der Waals surface area contributed by atoms with E-state index in [2.05, 4.69) is 9.97 Å². The number of carbonyl (C=O) groups is 1. The number of amides is 1. The maximum atomic E-state index is 13.8. The van der Waals surface area contributed by atoms with Crippen molar-refractivity contribution in [1.82, 2.24) is 23.6 Å². The molecule has 2 aliphatic rings. The van der Waals surface area contributed by atoms with Crippen molar-refractivity contribution in [2.45, 2.75) is 49.7 Å². The van der Waals surface area contributed by atoms with Gasteiger partial charge in [-0.1, -0.05) is 6.07 Å². The number of benzene rings is 1. The number of aryl methyl sites for hydroxylation is 1. The first-order chi connectivity index (χ1) is 18.9. The van der Waals surface area contributed by atoms with Crippen LogP contribution in [0.5, 0.6) is 0 Å². The quantitative estimate of drug-likeness (QED) is 0.475. The molecule has 2 saturated heterocycles. The molecule has 10 nitrogen and oxygen atoms in total. The van der Waals surface area contributed by atoms with E-state index in [-0.39, 0.29) is 41.3 Å². The monoisotopic (exact) mass is 580 g/mol. The second kappa shape index (κ2) is 10.6. The fourth-order valence-electron chi connectivity index (χ4n) is 5.62. The van der Waals surface area contributed by atoms with E-state index in [4.69, 9.17) is 10.5 Å². The molecule has 2 fully saturated rings. The number of carbonyl (C=O) groups excluding carboxylic acids is 1. The van der Waals surface area contributed by atoms with Crippen LogP contribution in [0.4, 0.5) is 19.0 Å². The number of aromatic nitrogens is 3. The van der Waals surface area contributed by atoms with Crippen molar-refractivity contribution in [3.05, 3.63) is 41.9 Å². The third-order valence-electron chi connectivity index (χ3n) is 7.68. The number of nitrogens with two attached hydrogens (primary N) is 1. The van der Waals surface area contributed by atoms with Gasteiger partial charge in [0.1, 0.15) is 0 Å². The highest BCUT2D eigenvalue weighted by atomic mass is 32.2. The lowest BCUT2D eigenvalue weighted by Gasteiger charge is -2.35. The summed E-state index contributed by atoms with van der Waals surface area (Å²) in [6.07, 6.45) is 0.284. The van der Waals surface area contributed by atoms with Gasteiger partial charge in [-0.15, -0.1) is 0 Å². The Morgan fingerprint density at radius 2 is 1.95 bits per heavy atom. The Hall–Kier alpha value is -3.23. The first-order valence-corrected chi connectivity index (χ1v) is 14.5. The summed E-state index contributed by atoms with van der Waals surface area (Å²) in [4.78, 5) is 22.7. The number of sulfonamides is 1. The average molecular weight is 581 g/mol. The van der Waals surface area contributed by atoms with E-state index >= 15 is 0 Å². The third kappa shape index (κ3) is 5.15. The van der Waals surface area contributed by atoms with Crippen LogP contribution >= 0.6 is 0 Å². The van der Waals surface area contributed by atoms with Crippen LogP contribution in [-0.4, -0.2) is 77.3 Å². The first-order valence-electron chi connectivity index (χ1n) is 13.0. The Morgan fingerprint density at radius 1 is 1.20 bits per heavy atom. The van der Waals surface area contributed by atoms with E-state index in [9.17, 15) is 26.4 Å². The fourth-order valence-corrected chi connectivity index (χ4v) is 7.17. The highest BCUT2D eigenvalue weighted by Crippen LogP contribution is 2.34. The van der Waals surface area contributed by atoms with Crippen molar-refractivity contribution in [2.24, 2.45) is 5.92 Å². The smallest absolute Gasteiger partial charge is 0.383 e. The lowest BCUT2D eigenvalue weighted by Crippen LogP contribution is -2.48. The van der Waals surface area contributed by atoms with Crippen molar-refractivity contribution < 1.29 is 31.1 Å². The molecule has 216 valence electrons. The third-order valence-corrected chi connectivity index (χ3v) is 9.55. The molecule has 1 aromatic carbocycles. The number of halogens is 3. The van der Waals surface area contributed by atoms with Gasteiger partial charge in [-0.2, -0.15) is 17.5 Å². The molecule has 3 aromatic rings. The highest BCUT2D eigenvalue weighted by molar-refractivity contribution is 7.89. The number of rotatable bonds is 6. The van der Waals surface area contributed by atoms with Crippen LogP contribution in [-0.2, 0) is 25.7 Å². The molecule has 14 heteroatoms. The van der Waals surface area contributed by atoms with Crippen LogP contribution in [0.3, 0.4) is 0 Å². The Kier molecular flexibility index (Phi) is 7.52. The maximum Gasteiger partial charge on any atom is 0.434 e. The van der Waals surface area contributed by atoms with Gasteiger partial charge in [-0.05, 0) is 50.3 Å². The zero-order chi connectivity index (χ0) is 28.8. The molecule has 2 aromatic heterocycles. The standard InChI is InChI=1S/C26H31F3N6O4S/c1-16-7-8-19(11-20(16)21-12-31-24-23(30)32-22(14-35(21)24)26(27,28)29)40(37,38)33-9-3-5-17(13-33)25(36)34-10-4-6-18(34)15-39-2/h7-8,11-12,14,17-18H,3-6,9-10,13,15H2,1-2H3,(H2,30,32). The minimum absolute atomic E-state index is 0.00304. The number of alkyl halides is 3. The minimum Gasteiger partial charge on any atom is -0.383 e. The summed E-state index contributed by atoms with van der Waals surface area (Å²) in [6, 6.07) is 4.49. The molecule has 4 heterocycles. The number of nitrogen functional groups attached to an aromatic ring is 1. The first kappa shape index (κ1) is 28.3. The van der Waals surface area contributed by atoms with Crippen LogP contribution in [0.25, 0.3) is 16.9 Å². The molecular formula is C26H31F3N6O4S. The number of ether oxygens (including phenoxy) is 1. The van der Waals surface area contributed by atoms with Crippen molar-refractivity contribution in [3.8, 4) is 11.3 Å². The zero-order valence-corrected chi connectivity index (χ0v) is 23.0. The number of likely N-dealkylation sites (tertiary alicyclic amines) is 1. The summed E-state index contributed by atoms with van der Waals surface area (Å²) in [5.74, 6) is -0.903. The van der Waals surface area contributed by atoms with E-state index in [1.54, 1.807) is 20.1 Å². The molecule has 2 atom stereocenters. The predicted octanol–water partition coefficient (Wildman–Crippen LogP) is 3.34. The lowest BCUT2D eigenvalue weighted by atomic mass is 9.98. The van der Waals surface area contributed by atoms with E-state index in [0.717, 1.165) is 19.0 Å². The highest BCUT2D eigenvalue weighted by Gasteiger charge is 2.38. The molecule has 40 heavy (non-hydrogen) atoms. The lowest BCUT2D eigenvalue weighted by molar-refractivity contribution is -0.141. The molecule has 0 spiro atoms. The molecular weight excluding hydrogens is 549 g/mol. The largest absolute Gasteiger partial charge is 0.434 e. The molecule has 0 radical (unpaired) electrons. The number of hydrogen-bond donors (Lipinski definition) is 1. The van der Waals surface area contributed by atoms with Gasteiger partial charge >= 0.3 is 6.18 Å². The summed E-state index contributed by atoms with van der Waals surface area (Å²) >= 11 is 0. The van der Waals surface area contributed by atoms with Gasteiger partial charge < -0.3 is 15.4 Å². The van der Waals surface area contributed by atoms with Crippen LogP contribution in [0.1, 0.15) is 36.9 Å². The van der Waals surface area contributed by atoms with Gasteiger partial charge in [0.25, 0.3) is 0 Å². The van der Waals surface area contributed by atoms with E-state index in [1.807, 2.05) is 4.90 Å². The number of piperidine rings is 1. The maximum absolute atomic E-state index is 13.8. The second-order valence-electron chi connectivity index (χ2n) is 10.3. The summed E-state index contributed by atoms with van der Waals surface area (Å²) in [5.41, 5.74) is 5.86. The van der Waals surface area contributed by atoms with Crippen molar-refractivity contribution in [3.63, 3.8) is 0 Å². The van der Waals surface area contributed by atoms with Crippen LogP contribution in [0, 0.1) is 12.8 Å². The number of nitrogens with zero attached hydrogens (tertiary/aromatic N) is 5. The summed E-state index contributed by atoms with van der Waals surface area (Å²) in [6.45, 7) is 3.13. The number of anilines is 1. The Bertz CT molecular complexity index is 1540. The average Bonchev–Trinajstić information content (AvgIpc) is 3.56. The second-order valence-corrected chi connectivity index (χ2v) is 12.2. The molecule has 2 aliphatic heterocycles. The molecule has 2 N–H and O–H groups in total. The van der Waals surface area contributed by atoms with E-state index < -0.39 is 33.6 Å². The Morgan fingerprint density at radius 3 is 2.67 bits per heavy atom. The van der Waals surface area contributed by atoms with E-state index in [0.29, 0.717) is 37.1 Å². The Balaban J connectivity index is 1.45. The van der Waals surface area contributed by atoms with Crippen molar-refractivity contribution in [2.75, 3.05) is 39.1 Å². The SMILES string of the molecule is COCC1CCCN1C(=O)C1CCCN(S(=O)(=O)c2ccc(C)c(-c3cnc4c(N)nc(C(F)(F)F)cn34)c2)C1. The topological polar surface area (TPSA) is 123 Å². The fraction of sp³-hybridized carbons (Fsp3) is 0.500. The van der Waals surface area contributed by atoms with Gasteiger partial charge in [0.2, 0.25) is 15.9 Å². The van der Waals surface area contributed by atoms with Gasteiger partial charge in [0.15, 0.2) is 17.2 Å². The zero-order valence-electron chi connectivity index (χ0n) is 22.2. The van der Waals surface area contributed by atoms with Crippen LogP contribution in [0.15, 0.2) is 35.5 Å². The van der Waals surface area contributed by atoms with Crippen LogP contribution < -0.4 is 5.73 Å². The Labute approximate surface area is 230 Å². The number of imidazole rings is 1. The van der Waals surface area contributed by atoms with Gasteiger partial charge in [0.05, 0.1) is 35.4 Å². The predicted molar refractivity (Wildman–Crippen MR) is 141 cm³/mol. The van der Waals surface area contributed by atoms with Gasteiger partial charge in [0, 0.05) is 38.5 Å². The minimum atomic E-state index is -4.73. The number of hydrogen-bond acceptors (Lipinski definition) is 7. The summed E-state index contributed by atoms with van der Waals surface area (Å²) in [7, 11) is -2.41. The summed E-state index contributed by atoms with van der Waals surface area (Å²) < 4.78 is 75.5. The molecule has 0 saturated carbocycles. The molecule has 0 bridgehead atoms. The van der Waals surface area contributed by atoms with Crippen LogP contribution in [0.2, 0.25) is 0 Å². The normalized spacial score (nSPS) is 20.9. The number of methoxy groups -OCH3 is 1. The molecule has 0 aliphatic carbocycles. The summed E-state index contributed by atoms with van der Waals surface area (Å²) in [5, 5.41) is 0. The van der Waals surface area contributed by atoms with E-state index in [1.165, 1.54) is 27.0 Å². The molecule has 5 rings (SSSR count). The number of fused-ring (bicyclic) bond motifs is 1. The van der Waals surface area contributed by atoms with Crippen molar-refractivity contribution in [1.29, 1.82) is 0 Å². The van der Waals surface area contributed by atoms with Gasteiger partial charge in [-0.3, -0.25) is 9.20 Å². The molecule has 2 unspecified atom stereocenters. The molecule has 1 amide bonds. The van der Waals surface area contributed by atoms with Crippen molar-refractivity contribution >= 4 is 27.4 Å². The van der Waals surface area contributed by atoms with Gasteiger partial charge in [-0.25, -0.2) is 18.4 Å².